The second-order valence-electron chi connectivity index (χ2n) is 7.58. The summed E-state index contributed by atoms with van der Waals surface area (Å²) in [6.07, 6.45) is 0. The first kappa shape index (κ1) is 24.5. The molecule has 0 radical (unpaired) electrons. The molecule has 2 aromatic carbocycles. The van der Waals surface area contributed by atoms with Gasteiger partial charge in [0.1, 0.15) is 0 Å². The molecule has 10 heteroatoms. The van der Waals surface area contributed by atoms with E-state index in [1.54, 1.807) is 43.5 Å². The molecule has 3 N–H and O–H groups in total. The molecule has 1 aliphatic rings. The quantitative estimate of drug-likeness (QED) is 0.477. The Bertz CT molecular complexity index is 1010. The highest BCUT2D eigenvalue weighted by Crippen LogP contribution is 2.26. The molecule has 0 atom stereocenters. The Kier molecular flexibility index (Phi) is 8.65. The van der Waals surface area contributed by atoms with Crippen LogP contribution in [0.2, 0.25) is 5.02 Å². The largest absolute Gasteiger partial charge is 0.478 e. The summed E-state index contributed by atoms with van der Waals surface area (Å²) in [5.74, 6) is -1.56. The average molecular weight is 475 g/mol. The molecule has 176 valence electrons. The van der Waals surface area contributed by atoms with E-state index in [9.17, 15) is 19.5 Å². The minimum absolute atomic E-state index is 0.0645. The molecule has 0 aliphatic carbocycles. The van der Waals surface area contributed by atoms with Gasteiger partial charge in [-0.15, -0.1) is 0 Å². The van der Waals surface area contributed by atoms with Crippen molar-refractivity contribution in [1.82, 2.24) is 10.2 Å². The fourth-order valence-corrected chi connectivity index (χ4v) is 3.82. The highest BCUT2D eigenvalue weighted by Gasteiger charge is 2.23. The lowest BCUT2D eigenvalue weighted by Crippen LogP contribution is -2.50. The van der Waals surface area contributed by atoms with Crippen LogP contribution >= 0.6 is 11.6 Å². The molecule has 1 saturated heterocycles. The minimum Gasteiger partial charge on any atom is -0.478 e. The van der Waals surface area contributed by atoms with Crippen molar-refractivity contribution in [2.75, 3.05) is 63.2 Å². The number of carbonyl (C=O) groups is 3. The first-order chi connectivity index (χ1) is 15.9. The number of nitrogens with zero attached hydrogens (tertiary/aromatic N) is 2. The number of piperazine rings is 1. The van der Waals surface area contributed by atoms with Crippen LogP contribution in [-0.2, 0) is 9.53 Å². The number of ether oxygens (including phenoxy) is 1. The molecule has 0 aromatic heterocycles. The number of amides is 2. The molecule has 1 aliphatic heterocycles. The molecular weight excluding hydrogens is 448 g/mol. The lowest BCUT2D eigenvalue weighted by atomic mass is 10.1. The van der Waals surface area contributed by atoms with Gasteiger partial charge in [0.15, 0.2) is 0 Å². The Morgan fingerprint density at radius 1 is 1.06 bits per heavy atom. The highest BCUT2D eigenvalue weighted by molar-refractivity contribution is 6.34. The summed E-state index contributed by atoms with van der Waals surface area (Å²) in [6.45, 7) is 3.64. The van der Waals surface area contributed by atoms with Gasteiger partial charge in [-0.3, -0.25) is 14.5 Å². The van der Waals surface area contributed by atoms with Crippen LogP contribution in [0.15, 0.2) is 42.5 Å². The number of carboxylic acids is 1. The van der Waals surface area contributed by atoms with Crippen LogP contribution in [0.1, 0.15) is 20.7 Å². The molecular formula is C23H27ClN4O5. The van der Waals surface area contributed by atoms with E-state index in [-0.39, 0.29) is 18.0 Å². The first-order valence-corrected chi connectivity index (χ1v) is 10.9. The van der Waals surface area contributed by atoms with Crippen molar-refractivity contribution in [2.24, 2.45) is 0 Å². The normalized spacial score (nSPS) is 14.1. The van der Waals surface area contributed by atoms with Crippen LogP contribution in [-0.4, -0.2) is 80.8 Å². The number of nitrogens with one attached hydrogen (secondary N) is 2. The fourth-order valence-electron chi connectivity index (χ4n) is 3.60. The monoisotopic (exact) mass is 474 g/mol. The summed E-state index contributed by atoms with van der Waals surface area (Å²) < 4.78 is 4.92. The van der Waals surface area contributed by atoms with Gasteiger partial charge in [-0.05, 0) is 30.3 Å². The van der Waals surface area contributed by atoms with Gasteiger partial charge in [-0.2, -0.15) is 0 Å². The van der Waals surface area contributed by atoms with Crippen molar-refractivity contribution in [3.05, 3.63) is 58.6 Å². The summed E-state index contributed by atoms with van der Waals surface area (Å²) in [6, 6.07) is 11.5. The van der Waals surface area contributed by atoms with Gasteiger partial charge in [-0.1, -0.05) is 23.7 Å². The number of methoxy groups -OCH3 is 1. The zero-order valence-corrected chi connectivity index (χ0v) is 19.1. The third-order valence-corrected chi connectivity index (χ3v) is 5.64. The maximum absolute atomic E-state index is 12.5. The Labute approximate surface area is 197 Å². The van der Waals surface area contributed by atoms with Crippen molar-refractivity contribution in [3.8, 4) is 0 Å². The molecule has 2 amide bonds. The topological polar surface area (TPSA) is 111 Å². The van der Waals surface area contributed by atoms with Gasteiger partial charge >= 0.3 is 5.97 Å². The zero-order valence-electron chi connectivity index (χ0n) is 18.3. The van der Waals surface area contributed by atoms with Crippen LogP contribution in [0, 0.1) is 0 Å². The van der Waals surface area contributed by atoms with Gasteiger partial charge in [-0.25, -0.2) is 4.79 Å². The third-order valence-electron chi connectivity index (χ3n) is 5.31. The first-order valence-electron chi connectivity index (χ1n) is 10.5. The van der Waals surface area contributed by atoms with Gasteiger partial charge in [0.25, 0.3) is 5.91 Å². The van der Waals surface area contributed by atoms with Crippen molar-refractivity contribution < 1.29 is 24.2 Å². The fraction of sp³-hybridized carbons (Fsp3) is 0.348. The number of rotatable bonds is 9. The third kappa shape index (κ3) is 6.67. The number of carbonyl (C=O) groups excluding carboxylic acids is 2. The average Bonchev–Trinajstić information content (AvgIpc) is 2.80. The van der Waals surface area contributed by atoms with E-state index >= 15 is 0 Å². The second-order valence-corrected chi connectivity index (χ2v) is 7.98. The summed E-state index contributed by atoms with van der Waals surface area (Å²) in [4.78, 5) is 40.4. The van der Waals surface area contributed by atoms with Crippen molar-refractivity contribution >= 4 is 40.8 Å². The number of hydrogen-bond donors (Lipinski definition) is 3. The maximum Gasteiger partial charge on any atom is 0.337 e. The highest BCUT2D eigenvalue weighted by atomic mass is 35.5. The number of benzene rings is 2. The van der Waals surface area contributed by atoms with E-state index in [1.807, 2.05) is 9.80 Å². The van der Waals surface area contributed by atoms with Crippen molar-refractivity contribution in [2.45, 2.75) is 0 Å². The Morgan fingerprint density at radius 2 is 1.79 bits per heavy atom. The number of halogens is 1. The van der Waals surface area contributed by atoms with Gasteiger partial charge in [0, 0.05) is 45.5 Å². The number of hydrogen-bond acceptors (Lipinski definition) is 6. The molecule has 0 unspecified atom stereocenters. The predicted molar refractivity (Wildman–Crippen MR) is 126 cm³/mol. The number of carboxylic acid groups (broad SMARTS) is 1. The molecule has 9 nitrogen and oxygen atoms in total. The van der Waals surface area contributed by atoms with Gasteiger partial charge in [0.2, 0.25) is 5.91 Å². The molecule has 3 rings (SSSR count). The lowest BCUT2D eigenvalue weighted by molar-refractivity contribution is -0.122. The summed E-state index contributed by atoms with van der Waals surface area (Å²) in [5.41, 5.74) is 1.34. The van der Waals surface area contributed by atoms with E-state index in [2.05, 4.69) is 10.6 Å². The van der Waals surface area contributed by atoms with E-state index in [4.69, 9.17) is 16.3 Å². The van der Waals surface area contributed by atoms with E-state index in [0.717, 1.165) is 0 Å². The van der Waals surface area contributed by atoms with Crippen molar-refractivity contribution in [3.63, 3.8) is 0 Å². The molecule has 0 saturated carbocycles. The zero-order chi connectivity index (χ0) is 23.8. The molecule has 2 aromatic rings. The minimum atomic E-state index is -1.08. The van der Waals surface area contributed by atoms with Crippen LogP contribution in [0.4, 0.5) is 11.4 Å². The van der Waals surface area contributed by atoms with E-state index < -0.39 is 11.9 Å². The SMILES string of the molecule is COCCNC(=O)CN1CCN(c2ccc(NC(=O)c3ccccc3Cl)cc2C(=O)O)CC1. The standard InChI is InChI=1S/C23H27ClN4O5/c1-33-13-8-25-21(29)15-27-9-11-28(12-10-27)20-7-6-16(14-18(20)23(31)32)26-22(30)17-4-2-3-5-19(17)24/h2-7,14H,8-13,15H2,1H3,(H,25,29)(H,26,30)(H,31,32). The summed E-state index contributed by atoms with van der Waals surface area (Å²) in [7, 11) is 1.58. The van der Waals surface area contributed by atoms with E-state index in [0.29, 0.717) is 61.3 Å². The second kappa shape index (κ2) is 11.6. The molecule has 1 fully saturated rings. The van der Waals surface area contributed by atoms with Crippen LogP contribution in [0.3, 0.4) is 0 Å². The maximum atomic E-state index is 12.5. The molecule has 0 bridgehead atoms. The van der Waals surface area contributed by atoms with Crippen LogP contribution in [0.5, 0.6) is 0 Å². The summed E-state index contributed by atoms with van der Waals surface area (Å²) in [5, 5.41) is 15.6. The van der Waals surface area contributed by atoms with Gasteiger partial charge in [0.05, 0.1) is 35.0 Å². The van der Waals surface area contributed by atoms with Crippen LogP contribution in [0.25, 0.3) is 0 Å². The number of anilines is 2. The molecule has 1 heterocycles. The number of aromatic carboxylic acids is 1. The Hall–Kier alpha value is -3.14. The van der Waals surface area contributed by atoms with Crippen LogP contribution < -0.4 is 15.5 Å². The lowest BCUT2D eigenvalue weighted by Gasteiger charge is -2.36. The Balaban J connectivity index is 1.63. The Morgan fingerprint density at radius 3 is 2.45 bits per heavy atom. The van der Waals surface area contributed by atoms with Crippen molar-refractivity contribution in [1.29, 1.82) is 0 Å². The molecule has 33 heavy (non-hydrogen) atoms. The summed E-state index contributed by atoms with van der Waals surface area (Å²) >= 11 is 6.07. The smallest absolute Gasteiger partial charge is 0.337 e. The molecule has 0 spiro atoms. The van der Waals surface area contributed by atoms with E-state index in [1.165, 1.54) is 6.07 Å². The van der Waals surface area contributed by atoms with Gasteiger partial charge < -0.3 is 25.4 Å². The predicted octanol–water partition coefficient (Wildman–Crippen LogP) is 2.18.